The van der Waals surface area contributed by atoms with Crippen molar-refractivity contribution >= 4 is 27.3 Å². The molecule has 0 saturated heterocycles. The highest BCUT2D eigenvalue weighted by atomic mass is 32.1. The molecule has 108 valence electrons. The SMILES string of the molecule is CC(C)CNCCc1ccc2cc(C(=O)NO)sc2c1. The zero-order valence-electron chi connectivity index (χ0n) is 11.8. The Kier molecular flexibility index (Phi) is 5.11. The largest absolute Gasteiger partial charge is 0.316 e. The summed E-state index contributed by atoms with van der Waals surface area (Å²) in [4.78, 5) is 11.9. The number of hydrogen-bond acceptors (Lipinski definition) is 4. The Hall–Kier alpha value is -1.43. The van der Waals surface area contributed by atoms with Crippen LogP contribution in [0.4, 0.5) is 0 Å². The third-order valence-corrected chi connectivity index (χ3v) is 4.15. The Balaban J connectivity index is 2.03. The number of fused-ring (bicyclic) bond motifs is 1. The Morgan fingerprint density at radius 3 is 2.85 bits per heavy atom. The van der Waals surface area contributed by atoms with Gasteiger partial charge >= 0.3 is 0 Å². The number of hydrogen-bond donors (Lipinski definition) is 3. The van der Waals surface area contributed by atoms with Crippen LogP contribution in [0.1, 0.15) is 29.1 Å². The molecule has 0 aliphatic carbocycles. The van der Waals surface area contributed by atoms with Crippen LogP contribution in [0.15, 0.2) is 24.3 Å². The Bertz CT molecular complexity index is 593. The topological polar surface area (TPSA) is 61.4 Å². The van der Waals surface area contributed by atoms with E-state index in [1.807, 2.05) is 6.07 Å². The summed E-state index contributed by atoms with van der Waals surface area (Å²) in [6, 6.07) is 8.03. The lowest BCUT2D eigenvalue weighted by molar-refractivity contribution is 0.0711. The second-order valence-corrected chi connectivity index (χ2v) is 6.36. The number of amides is 1. The average molecular weight is 292 g/mol. The van der Waals surface area contributed by atoms with Crippen molar-refractivity contribution in [1.82, 2.24) is 10.8 Å². The van der Waals surface area contributed by atoms with Crippen LogP contribution in [0.5, 0.6) is 0 Å². The first-order valence-electron chi connectivity index (χ1n) is 6.77. The van der Waals surface area contributed by atoms with Crippen LogP contribution in [0.25, 0.3) is 10.1 Å². The highest BCUT2D eigenvalue weighted by molar-refractivity contribution is 7.20. The molecule has 0 unspecified atom stereocenters. The molecule has 0 radical (unpaired) electrons. The first-order valence-corrected chi connectivity index (χ1v) is 7.59. The van der Waals surface area contributed by atoms with Crippen molar-refractivity contribution in [2.75, 3.05) is 13.1 Å². The molecule has 1 aromatic heterocycles. The van der Waals surface area contributed by atoms with Crippen molar-refractivity contribution in [3.05, 3.63) is 34.7 Å². The van der Waals surface area contributed by atoms with Crippen LogP contribution in [0, 0.1) is 5.92 Å². The molecule has 0 bridgehead atoms. The summed E-state index contributed by atoms with van der Waals surface area (Å²) in [6.07, 6.45) is 0.974. The fourth-order valence-electron chi connectivity index (χ4n) is 2.02. The third-order valence-electron chi connectivity index (χ3n) is 3.05. The lowest BCUT2D eigenvalue weighted by Gasteiger charge is -2.07. The molecule has 2 rings (SSSR count). The number of hydroxylamine groups is 1. The number of benzene rings is 1. The van der Waals surface area contributed by atoms with Crippen LogP contribution in [-0.2, 0) is 6.42 Å². The predicted octanol–water partition coefficient (Wildman–Crippen LogP) is 2.81. The van der Waals surface area contributed by atoms with Gasteiger partial charge in [-0.1, -0.05) is 26.0 Å². The Labute approximate surface area is 122 Å². The maximum atomic E-state index is 11.4. The Morgan fingerprint density at radius 2 is 2.15 bits per heavy atom. The van der Waals surface area contributed by atoms with Crippen LogP contribution < -0.4 is 10.8 Å². The van der Waals surface area contributed by atoms with Gasteiger partial charge in [0, 0.05) is 4.70 Å². The minimum absolute atomic E-state index is 0.452. The van der Waals surface area contributed by atoms with Crippen molar-refractivity contribution in [1.29, 1.82) is 0 Å². The summed E-state index contributed by atoms with van der Waals surface area (Å²) < 4.78 is 1.07. The van der Waals surface area contributed by atoms with Gasteiger partial charge in [0.25, 0.3) is 5.91 Å². The lowest BCUT2D eigenvalue weighted by atomic mass is 10.1. The molecular weight excluding hydrogens is 272 g/mol. The van der Waals surface area contributed by atoms with E-state index >= 15 is 0 Å². The minimum Gasteiger partial charge on any atom is -0.316 e. The molecule has 0 fully saturated rings. The van der Waals surface area contributed by atoms with Gasteiger partial charge in [0.05, 0.1) is 4.88 Å². The maximum Gasteiger partial charge on any atom is 0.284 e. The number of carbonyl (C=O) groups excluding carboxylic acids is 1. The van der Waals surface area contributed by atoms with Crippen molar-refractivity contribution < 1.29 is 10.0 Å². The maximum absolute atomic E-state index is 11.4. The zero-order valence-corrected chi connectivity index (χ0v) is 12.6. The smallest absolute Gasteiger partial charge is 0.284 e. The standard InChI is InChI=1S/C15H20N2O2S/c1-10(2)9-16-6-5-11-3-4-12-8-14(15(18)17-19)20-13(12)7-11/h3-4,7-8,10,16,19H,5-6,9H2,1-2H3,(H,17,18). The van der Waals surface area contributed by atoms with Gasteiger partial charge in [0.2, 0.25) is 0 Å². The summed E-state index contributed by atoms with van der Waals surface area (Å²) in [6.45, 7) is 6.37. The Morgan fingerprint density at radius 1 is 1.35 bits per heavy atom. The molecule has 3 N–H and O–H groups in total. The molecule has 2 aromatic rings. The second-order valence-electron chi connectivity index (χ2n) is 5.27. The van der Waals surface area contributed by atoms with E-state index < -0.39 is 5.91 Å². The van der Waals surface area contributed by atoms with Gasteiger partial charge in [0.1, 0.15) is 0 Å². The number of rotatable bonds is 6. The fourth-order valence-corrected chi connectivity index (χ4v) is 3.04. The highest BCUT2D eigenvalue weighted by Crippen LogP contribution is 2.26. The van der Waals surface area contributed by atoms with Crippen molar-refractivity contribution in [3.63, 3.8) is 0 Å². The molecule has 0 aliphatic rings. The summed E-state index contributed by atoms with van der Waals surface area (Å²) in [7, 11) is 0. The van der Waals surface area contributed by atoms with Gasteiger partial charge in [-0.05, 0) is 48.5 Å². The second kappa shape index (κ2) is 6.83. The van der Waals surface area contributed by atoms with Crippen LogP contribution in [0.3, 0.4) is 0 Å². The molecule has 1 amide bonds. The highest BCUT2D eigenvalue weighted by Gasteiger charge is 2.09. The van der Waals surface area contributed by atoms with Gasteiger partial charge in [0.15, 0.2) is 0 Å². The van der Waals surface area contributed by atoms with E-state index in [-0.39, 0.29) is 0 Å². The molecule has 5 heteroatoms. The summed E-state index contributed by atoms with van der Waals surface area (Å²) in [5.41, 5.74) is 2.93. The van der Waals surface area contributed by atoms with E-state index in [1.165, 1.54) is 16.9 Å². The van der Waals surface area contributed by atoms with E-state index in [4.69, 9.17) is 5.21 Å². The van der Waals surface area contributed by atoms with Gasteiger partial charge in [-0.15, -0.1) is 11.3 Å². The van der Waals surface area contributed by atoms with E-state index in [0.29, 0.717) is 10.8 Å². The van der Waals surface area contributed by atoms with Crippen molar-refractivity contribution in [2.24, 2.45) is 5.92 Å². The molecule has 1 aromatic carbocycles. The van der Waals surface area contributed by atoms with Crippen molar-refractivity contribution in [3.8, 4) is 0 Å². The molecule has 0 atom stereocenters. The van der Waals surface area contributed by atoms with Crippen LogP contribution >= 0.6 is 11.3 Å². The van der Waals surface area contributed by atoms with Gasteiger partial charge in [-0.25, -0.2) is 5.48 Å². The number of carbonyl (C=O) groups is 1. The quantitative estimate of drug-likeness (QED) is 0.436. The first-order chi connectivity index (χ1) is 9.60. The molecule has 0 aliphatic heterocycles. The zero-order chi connectivity index (χ0) is 14.5. The summed E-state index contributed by atoms with van der Waals surface area (Å²) >= 11 is 1.40. The average Bonchev–Trinajstić information content (AvgIpc) is 2.85. The van der Waals surface area contributed by atoms with E-state index in [2.05, 4.69) is 31.3 Å². The molecular formula is C15H20N2O2S. The molecule has 1 heterocycles. The molecule has 4 nitrogen and oxygen atoms in total. The van der Waals surface area contributed by atoms with Gasteiger partial charge < -0.3 is 5.32 Å². The molecule has 20 heavy (non-hydrogen) atoms. The van der Waals surface area contributed by atoms with E-state index in [0.717, 1.165) is 29.6 Å². The molecule has 0 spiro atoms. The third kappa shape index (κ3) is 3.79. The number of nitrogens with one attached hydrogen (secondary N) is 2. The van der Waals surface area contributed by atoms with E-state index in [1.54, 1.807) is 11.5 Å². The normalized spacial score (nSPS) is 11.2. The van der Waals surface area contributed by atoms with Gasteiger partial charge in [-0.3, -0.25) is 10.0 Å². The number of thiophene rings is 1. The fraction of sp³-hybridized carbons (Fsp3) is 0.400. The van der Waals surface area contributed by atoms with Crippen LogP contribution in [0.2, 0.25) is 0 Å². The summed E-state index contributed by atoms with van der Waals surface area (Å²) in [5.74, 6) is 0.209. The monoisotopic (exact) mass is 292 g/mol. The lowest BCUT2D eigenvalue weighted by Crippen LogP contribution is -2.22. The predicted molar refractivity (Wildman–Crippen MR) is 82.5 cm³/mol. The van der Waals surface area contributed by atoms with Gasteiger partial charge in [-0.2, -0.15) is 0 Å². The minimum atomic E-state index is -0.452. The van der Waals surface area contributed by atoms with Crippen molar-refractivity contribution in [2.45, 2.75) is 20.3 Å². The van der Waals surface area contributed by atoms with E-state index in [9.17, 15) is 4.79 Å². The molecule has 0 saturated carbocycles. The van der Waals surface area contributed by atoms with Crippen LogP contribution in [-0.4, -0.2) is 24.2 Å². The first kappa shape index (κ1) is 15.0. The summed E-state index contributed by atoms with van der Waals surface area (Å²) in [5, 5.41) is 13.1.